The summed E-state index contributed by atoms with van der Waals surface area (Å²) in [4.78, 5) is 11.7. The largest absolute Gasteiger partial charge is 0.465 e. The predicted octanol–water partition coefficient (Wildman–Crippen LogP) is -0.244. The van der Waals surface area contributed by atoms with Crippen LogP contribution in [0.2, 0.25) is 0 Å². The molecule has 1 heterocycles. The van der Waals surface area contributed by atoms with Gasteiger partial charge < -0.3 is 14.7 Å². The highest BCUT2D eigenvalue weighted by molar-refractivity contribution is 7.90. The van der Waals surface area contributed by atoms with Crippen molar-refractivity contribution in [2.75, 3.05) is 18.7 Å². The van der Waals surface area contributed by atoms with Crippen molar-refractivity contribution >= 4 is 15.9 Å². The van der Waals surface area contributed by atoms with Gasteiger partial charge in [0, 0.05) is 6.26 Å². The molecule has 1 rings (SSSR count). The molecule has 1 N–H and O–H groups in total. The SMILES string of the molecule is CC1C(OCS(C)(=O)=O)CN1C(=O)O. The van der Waals surface area contributed by atoms with Crippen LogP contribution in [0.3, 0.4) is 0 Å². The minimum absolute atomic E-state index is 0.242. The fraction of sp³-hybridized carbons (Fsp3) is 0.857. The molecule has 0 saturated carbocycles. The summed E-state index contributed by atoms with van der Waals surface area (Å²) in [5.41, 5.74) is 0. The van der Waals surface area contributed by atoms with Crippen molar-refractivity contribution in [3.63, 3.8) is 0 Å². The van der Waals surface area contributed by atoms with Gasteiger partial charge in [-0.2, -0.15) is 0 Å². The van der Waals surface area contributed by atoms with E-state index in [0.717, 1.165) is 6.26 Å². The lowest BCUT2D eigenvalue weighted by Gasteiger charge is -2.43. The van der Waals surface area contributed by atoms with Gasteiger partial charge in [-0.25, -0.2) is 13.2 Å². The summed E-state index contributed by atoms with van der Waals surface area (Å²) in [5, 5.41) is 8.60. The van der Waals surface area contributed by atoms with Gasteiger partial charge in [0.25, 0.3) is 0 Å². The summed E-state index contributed by atoms with van der Waals surface area (Å²) in [7, 11) is -3.14. The molecule has 0 spiro atoms. The normalized spacial score (nSPS) is 27.1. The molecule has 1 amide bonds. The maximum atomic E-state index is 10.7. The molecule has 2 atom stereocenters. The molecule has 0 bridgehead atoms. The van der Waals surface area contributed by atoms with Crippen LogP contribution >= 0.6 is 0 Å². The van der Waals surface area contributed by atoms with E-state index in [4.69, 9.17) is 9.84 Å². The van der Waals surface area contributed by atoms with Crippen LogP contribution in [0.4, 0.5) is 4.79 Å². The number of nitrogens with zero attached hydrogens (tertiary/aromatic N) is 1. The zero-order valence-electron chi connectivity index (χ0n) is 8.00. The Balaban J connectivity index is 2.35. The van der Waals surface area contributed by atoms with Crippen molar-refractivity contribution in [2.24, 2.45) is 0 Å². The molecule has 82 valence electrons. The van der Waals surface area contributed by atoms with Crippen LogP contribution in [0.25, 0.3) is 0 Å². The second-order valence-corrected chi connectivity index (χ2v) is 5.51. The number of carboxylic acid groups (broad SMARTS) is 1. The van der Waals surface area contributed by atoms with Gasteiger partial charge in [-0.3, -0.25) is 0 Å². The third kappa shape index (κ3) is 2.58. The average Bonchev–Trinajstić information content (AvgIpc) is 1.98. The summed E-state index contributed by atoms with van der Waals surface area (Å²) in [6.07, 6.45) is -0.233. The highest BCUT2D eigenvalue weighted by Crippen LogP contribution is 2.20. The number of likely N-dealkylation sites (tertiary alicyclic amines) is 1. The van der Waals surface area contributed by atoms with Crippen LogP contribution in [-0.4, -0.2) is 55.4 Å². The van der Waals surface area contributed by atoms with Gasteiger partial charge in [0.15, 0.2) is 9.84 Å². The quantitative estimate of drug-likeness (QED) is 0.713. The third-order valence-corrected chi connectivity index (χ3v) is 2.71. The van der Waals surface area contributed by atoms with E-state index >= 15 is 0 Å². The number of hydrogen-bond acceptors (Lipinski definition) is 4. The fourth-order valence-electron chi connectivity index (χ4n) is 1.23. The number of rotatable bonds is 3. The number of hydrogen-bond donors (Lipinski definition) is 1. The zero-order chi connectivity index (χ0) is 10.9. The summed E-state index contributed by atoms with van der Waals surface area (Å²) in [6, 6.07) is -0.269. The Morgan fingerprint density at radius 3 is 2.57 bits per heavy atom. The van der Waals surface area contributed by atoms with Gasteiger partial charge in [0.05, 0.1) is 18.7 Å². The van der Waals surface area contributed by atoms with Crippen molar-refractivity contribution < 1.29 is 23.1 Å². The molecule has 0 aromatic rings. The molecular formula is C7H13NO5S. The lowest BCUT2D eigenvalue weighted by atomic mass is 10.0. The number of ether oxygens (including phenoxy) is 1. The highest BCUT2D eigenvalue weighted by Gasteiger charge is 2.39. The van der Waals surface area contributed by atoms with Gasteiger partial charge in [0.2, 0.25) is 0 Å². The molecule has 1 saturated heterocycles. The van der Waals surface area contributed by atoms with E-state index in [-0.39, 0.29) is 24.6 Å². The Labute approximate surface area is 82.4 Å². The van der Waals surface area contributed by atoms with E-state index in [9.17, 15) is 13.2 Å². The number of carbonyl (C=O) groups is 1. The summed E-state index contributed by atoms with van der Waals surface area (Å²) in [6.45, 7) is 1.93. The lowest BCUT2D eigenvalue weighted by molar-refractivity contribution is -0.0688. The summed E-state index contributed by atoms with van der Waals surface area (Å²) >= 11 is 0. The molecule has 14 heavy (non-hydrogen) atoms. The Hall–Kier alpha value is -0.820. The van der Waals surface area contributed by atoms with E-state index in [1.807, 2.05) is 0 Å². The van der Waals surface area contributed by atoms with Crippen LogP contribution in [0.1, 0.15) is 6.92 Å². The lowest BCUT2D eigenvalue weighted by Crippen LogP contribution is -2.61. The van der Waals surface area contributed by atoms with Crippen molar-refractivity contribution in [1.29, 1.82) is 0 Å². The monoisotopic (exact) mass is 223 g/mol. The van der Waals surface area contributed by atoms with E-state index in [1.165, 1.54) is 4.90 Å². The van der Waals surface area contributed by atoms with Gasteiger partial charge in [-0.1, -0.05) is 0 Å². The smallest absolute Gasteiger partial charge is 0.407 e. The molecule has 7 heteroatoms. The first kappa shape index (κ1) is 11.3. The van der Waals surface area contributed by atoms with E-state index < -0.39 is 15.9 Å². The number of amides is 1. The van der Waals surface area contributed by atoms with Crippen LogP contribution in [0.15, 0.2) is 0 Å². The van der Waals surface area contributed by atoms with Gasteiger partial charge >= 0.3 is 6.09 Å². The Bertz CT molecular complexity index is 325. The zero-order valence-corrected chi connectivity index (χ0v) is 8.82. The molecular weight excluding hydrogens is 210 g/mol. The number of sulfone groups is 1. The van der Waals surface area contributed by atoms with Crippen LogP contribution in [0, 0.1) is 0 Å². The third-order valence-electron chi connectivity index (χ3n) is 2.15. The van der Waals surface area contributed by atoms with Crippen LogP contribution < -0.4 is 0 Å². The molecule has 2 unspecified atom stereocenters. The topological polar surface area (TPSA) is 83.9 Å². The standard InChI is InChI=1S/C7H13NO5S/c1-5-6(3-8(5)7(9)10)13-4-14(2,11)12/h5-6H,3-4H2,1-2H3,(H,9,10). The van der Waals surface area contributed by atoms with E-state index in [2.05, 4.69) is 0 Å². The van der Waals surface area contributed by atoms with E-state index in [1.54, 1.807) is 6.92 Å². The van der Waals surface area contributed by atoms with Crippen molar-refractivity contribution in [3.8, 4) is 0 Å². The van der Waals surface area contributed by atoms with E-state index in [0.29, 0.717) is 0 Å². The summed E-state index contributed by atoms with van der Waals surface area (Å²) < 4.78 is 26.5. The first-order chi connectivity index (χ1) is 6.31. The Morgan fingerprint density at radius 2 is 2.21 bits per heavy atom. The maximum absolute atomic E-state index is 10.7. The molecule has 0 aromatic carbocycles. The van der Waals surface area contributed by atoms with Gasteiger partial charge in [-0.15, -0.1) is 0 Å². The van der Waals surface area contributed by atoms with Crippen LogP contribution in [-0.2, 0) is 14.6 Å². The molecule has 0 radical (unpaired) electrons. The Morgan fingerprint density at radius 1 is 1.64 bits per heavy atom. The second kappa shape index (κ2) is 3.74. The fourth-order valence-corrected chi connectivity index (χ4v) is 1.65. The molecule has 1 aliphatic heterocycles. The average molecular weight is 223 g/mol. The van der Waals surface area contributed by atoms with Crippen molar-refractivity contribution in [2.45, 2.75) is 19.1 Å². The first-order valence-electron chi connectivity index (χ1n) is 4.10. The molecule has 1 aliphatic rings. The van der Waals surface area contributed by atoms with Gasteiger partial charge in [-0.05, 0) is 6.92 Å². The van der Waals surface area contributed by atoms with Crippen LogP contribution in [0.5, 0.6) is 0 Å². The minimum atomic E-state index is -3.14. The van der Waals surface area contributed by atoms with Crippen molar-refractivity contribution in [3.05, 3.63) is 0 Å². The minimum Gasteiger partial charge on any atom is -0.465 e. The molecule has 6 nitrogen and oxygen atoms in total. The maximum Gasteiger partial charge on any atom is 0.407 e. The molecule has 1 fully saturated rings. The highest BCUT2D eigenvalue weighted by atomic mass is 32.2. The van der Waals surface area contributed by atoms with Gasteiger partial charge in [0.1, 0.15) is 5.94 Å². The molecule has 0 aromatic heterocycles. The molecule has 0 aliphatic carbocycles. The first-order valence-corrected chi connectivity index (χ1v) is 6.16. The Kier molecular flexibility index (Phi) is 3.01. The summed E-state index contributed by atoms with van der Waals surface area (Å²) in [5.74, 6) is -0.352. The second-order valence-electron chi connectivity index (χ2n) is 3.42. The predicted molar refractivity (Wildman–Crippen MR) is 48.8 cm³/mol. The van der Waals surface area contributed by atoms with Crippen molar-refractivity contribution in [1.82, 2.24) is 4.90 Å².